The van der Waals surface area contributed by atoms with Crippen LogP contribution in [0.15, 0.2) is 84.0 Å². The Bertz CT molecular complexity index is 1190. The summed E-state index contributed by atoms with van der Waals surface area (Å²) in [6, 6.07) is 24.3. The molecule has 4 aromatic rings. The molecule has 8 heteroatoms. The van der Waals surface area contributed by atoms with Crippen molar-refractivity contribution in [2.45, 2.75) is 18.1 Å². The van der Waals surface area contributed by atoms with Crippen molar-refractivity contribution >= 4 is 23.4 Å². The van der Waals surface area contributed by atoms with Crippen LogP contribution in [-0.4, -0.2) is 38.6 Å². The van der Waals surface area contributed by atoms with E-state index in [9.17, 15) is 9.90 Å². The zero-order valence-electron chi connectivity index (χ0n) is 18.1. The first kappa shape index (κ1) is 22.4. The molecule has 0 aliphatic carbocycles. The minimum atomic E-state index is -0.158. The summed E-state index contributed by atoms with van der Waals surface area (Å²) < 4.78 is 7.31. The van der Waals surface area contributed by atoms with Crippen LogP contribution in [-0.2, 0) is 17.8 Å². The van der Waals surface area contributed by atoms with Crippen molar-refractivity contribution in [3.8, 4) is 22.9 Å². The monoisotopic (exact) mass is 460 g/mol. The van der Waals surface area contributed by atoms with Crippen LogP contribution in [0, 0.1) is 0 Å². The van der Waals surface area contributed by atoms with Crippen LogP contribution in [0.3, 0.4) is 0 Å². The molecule has 4 rings (SSSR count). The number of aromatic nitrogens is 3. The number of thioether (sulfide) groups is 1. The van der Waals surface area contributed by atoms with Crippen molar-refractivity contribution in [1.29, 1.82) is 0 Å². The molecule has 1 aromatic heterocycles. The Kier molecular flexibility index (Phi) is 7.26. The van der Waals surface area contributed by atoms with Gasteiger partial charge in [-0.3, -0.25) is 4.79 Å². The number of phenols is 1. The second-order valence-corrected chi connectivity index (χ2v) is 8.25. The summed E-state index contributed by atoms with van der Waals surface area (Å²) in [4.78, 5) is 12.4. The minimum Gasteiger partial charge on any atom is -0.508 e. The van der Waals surface area contributed by atoms with Crippen LogP contribution < -0.4 is 10.1 Å². The SMILES string of the molecule is COc1ccc(-c2nnc(SCC(=O)Nc3ccc(O)cc3)n2CCc2ccccc2)cc1. The predicted octanol–water partition coefficient (Wildman–Crippen LogP) is 4.63. The van der Waals surface area contributed by atoms with Crippen LogP contribution in [0.4, 0.5) is 5.69 Å². The number of rotatable bonds is 9. The fraction of sp³-hybridized carbons (Fsp3) is 0.160. The number of nitrogens with zero attached hydrogens (tertiary/aromatic N) is 3. The van der Waals surface area contributed by atoms with E-state index >= 15 is 0 Å². The number of hydrogen-bond donors (Lipinski definition) is 2. The van der Waals surface area contributed by atoms with Gasteiger partial charge in [0.05, 0.1) is 12.9 Å². The quantitative estimate of drug-likeness (QED) is 0.280. The number of aromatic hydroxyl groups is 1. The largest absolute Gasteiger partial charge is 0.508 e. The Morgan fingerprint density at radius 3 is 2.42 bits per heavy atom. The number of phenolic OH excluding ortho intramolecular Hbond substituents is 1. The number of ether oxygens (including phenoxy) is 1. The molecule has 0 unspecified atom stereocenters. The van der Waals surface area contributed by atoms with Gasteiger partial charge in [-0.05, 0) is 60.5 Å². The van der Waals surface area contributed by atoms with Crippen molar-refractivity contribution in [2.75, 3.05) is 18.2 Å². The molecular weight excluding hydrogens is 436 g/mol. The Hall–Kier alpha value is -3.78. The lowest BCUT2D eigenvalue weighted by Crippen LogP contribution is -2.14. The lowest BCUT2D eigenvalue weighted by molar-refractivity contribution is -0.113. The van der Waals surface area contributed by atoms with Gasteiger partial charge < -0.3 is 19.7 Å². The summed E-state index contributed by atoms with van der Waals surface area (Å²) in [7, 11) is 1.63. The molecule has 0 saturated carbocycles. The number of anilines is 1. The summed E-state index contributed by atoms with van der Waals surface area (Å²) in [6.45, 7) is 0.681. The zero-order valence-corrected chi connectivity index (χ0v) is 19.0. The van der Waals surface area contributed by atoms with E-state index in [0.717, 1.165) is 23.6 Å². The Morgan fingerprint density at radius 2 is 1.73 bits per heavy atom. The Morgan fingerprint density at radius 1 is 1.00 bits per heavy atom. The van der Waals surface area contributed by atoms with Gasteiger partial charge in [0, 0.05) is 17.8 Å². The maximum atomic E-state index is 12.4. The van der Waals surface area contributed by atoms with E-state index in [4.69, 9.17) is 4.74 Å². The number of amides is 1. The number of carbonyl (C=O) groups excluding carboxylic acids is 1. The molecule has 0 spiro atoms. The van der Waals surface area contributed by atoms with Crippen LogP contribution in [0.1, 0.15) is 5.56 Å². The summed E-state index contributed by atoms with van der Waals surface area (Å²) in [6.07, 6.45) is 0.815. The molecule has 1 amide bonds. The van der Waals surface area contributed by atoms with E-state index in [1.807, 2.05) is 47.0 Å². The van der Waals surface area contributed by atoms with E-state index in [0.29, 0.717) is 17.4 Å². The number of carbonyl (C=O) groups is 1. The summed E-state index contributed by atoms with van der Waals surface area (Å²) in [5.74, 6) is 1.70. The zero-order chi connectivity index (χ0) is 23.0. The maximum Gasteiger partial charge on any atom is 0.234 e. The van der Waals surface area contributed by atoms with E-state index in [-0.39, 0.29) is 17.4 Å². The smallest absolute Gasteiger partial charge is 0.234 e. The van der Waals surface area contributed by atoms with Gasteiger partial charge in [-0.25, -0.2) is 0 Å². The number of benzene rings is 3. The third kappa shape index (κ3) is 5.93. The third-order valence-electron chi connectivity index (χ3n) is 5.02. The summed E-state index contributed by atoms with van der Waals surface area (Å²) >= 11 is 1.34. The third-order valence-corrected chi connectivity index (χ3v) is 5.98. The van der Waals surface area contributed by atoms with E-state index in [1.165, 1.54) is 29.5 Å². The molecule has 33 heavy (non-hydrogen) atoms. The van der Waals surface area contributed by atoms with E-state index in [2.05, 4.69) is 27.6 Å². The van der Waals surface area contributed by atoms with E-state index < -0.39 is 0 Å². The van der Waals surface area contributed by atoms with Crippen LogP contribution in [0.25, 0.3) is 11.4 Å². The number of hydrogen-bond acceptors (Lipinski definition) is 6. The Balaban J connectivity index is 1.51. The van der Waals surface area contributed by atoms with Gasteiger partial charge in [0.2, 0.25) is 5.91 Å². The molecule has 3 aromatic carbocycles. The predicted molar refractivity (Wildman–Crippen MR) is 130 cm³/mol. The molecule has 2 N–H and O–H groups in total. The van der Waals surface area contributed by atoms with Gasteiger partial charge >= 0.3 is 0 Å². The summed E-state index contributed by atoms with van der Waals surface area (Å²) in [5, 5.41) is 21.7. The molecule has 7 nitrogen and oxygen atoms in total. The van der Waals surface area contributed by atoms with E-state index in [1.54, 1.807) is 19.2 Å². The average molecular weight is 461 g/mol. The second-order valence-electron chi connectivity index (χ2n) is 7.31. The Labute approximate surface area is 196 Å². The highest BCUT2D eigenvalue weighted by molar-refractivity contribution is 7.99. The van der Waals surface area contributed by atoms with Crippen LogP contribution in [0.5, 0.6) is 11.5 Å². The molecule has 168 valence electrons. The standard InChI is InChI=1S/C25H24N4O3S/c1-32-22-13-7-19(8-14-22)24-27-28-25(29(24)16-15-18-5-3-2-4-6-18)33-17-23(31)26-20-9-11-21(30)12-10-20/h2-14,30H,15-17H2,1H3,(H,26,31). The normalized spacial score (nSPS) is 10.7. The first-order valence-electron chi connectivity index (χ1n) is 10.5. The highest BCUT2D eigenvalue weighted by atomic mass is 32.2. The van der Waals surface area contributed by atoms with Crippen molar-refractivity contribution in [3.05, 3.63) is 84.4 Å². The van der Waals surface area contributed by atoms with Gasteiger partial charge in [-0.2, -0.15) is 0 Å². The molecule has 1 heterocycles. The van der Waals surface area contributed by atoms with Crippen molar-refractivity contribution < 1.29 is 14.6 Å². The first-order valence-corrected chi connectivity index (χ1v) is 11.4. The molecular formula is C25H24N4O3S. The lowest BCUT2D eigenvalue weighted by atomic mass is 10.1. The van der Waals surface area contributed by atoms with Crippen LogP contribution >= 0.6 is 11.8 Å². The van der Waals surface area contributed by atoms with Crippen molar-refractivity contribution in [1.82, 2.24) is 14.8 Å². The van der Waals surface area contributed by atoms with Crippen molar-refractivity contribution in [3.63, 3.8) is 0 Å². The lowest BCUT2D eigenvalue weighted by Gasteiger charge is -2.11. The molecule has 0 radical (unpaired) electrons. The van der Waals surface area contributed by atoms with Gasteiger partial charge in [-0.15, -0.1) is 10.2 Å². The van der Waals surface area contributed by atoms with Crippen molar-refractivity contribution in [2.24, 2.45) is 0 Å². The molecule has 0 bridgehead atoms. The fourth-order valence-corrected chi connectivity index (χ4v) is 4.07. The molecule has 0 saturated heterocycles. The molecule has 0 aliphatic heterocycles. The first-order chi connectivity index (χ1) is 16.1. The highest BCUT2D eigenvalue weighted by Gasteiger charge is 2.16. The van der Waals surface area contributed by atoms with Crippen LogP contribution in [0.2, 0.25) is 0 Å². The maximum absolute atomic E-state index is 12.4. The van der Waals surface area contributed by atoms with Gasteiger partial charge in [-0.1, -0.05) is 42.1 Å². The molecule has 0 aliphatic rings. The summed E-state index contributed by atoms with van der Waals surface area (Å²) in [5.41, 5.74) is 2.77. The fourth-order valence-electron chi connectivity index (χ4n) is 3.31. The molecule has 0 fully saturated rings. The molecule has 0 atom stereocenters. The minimum absolute atomic E-state index is 0.153. The topological polar surface area (TPSA) is 89.3 Å². The number of nitrogens with one attached hydrogen (secondary N) is 1. The highest BCUT2D eigenvalue weighted by Crippen LogP contribution is 2.26. The average Bonchev–Trinajstić information content (AvgIpc) is 3.26. The van der Waals surface area contributed by atoms with Gasteiger partial charge in [0.15, 0.2) is 11.0 Å². The van der Waals surface area contributed by atoms with Gasteiger partial charge in [0.25, 0.3) is 0 Å². The second kappa shape index (κ2) is 10.7. The van der Waals surface area contributed by atoms with Gasteiger partial charge in [0.1, 0.15) is 11.5 Å². The number of aryl methyl sites for hydroxylation is 1. The number of methoxy groups -OCH3 is 1.